The van der Waals surface area contributed by atoms with E-state index in [4.69, 9.17) is 9.84 Å². The predicted octanol–water partition coefficient (Wildman–Crippen LogP) is 1.25. The van der Waals surface area contributed by atoms with Crippen LogP contribution in [-0.2, 0) is 4.79 Å². The fourth-order valence-electron chi connectivity index (χ4n) is 1.77. The zero-order valence-electron chi connectivity index (χ0n) is 10.5. The molecule has 3 N–H and O–H groups in total. The van der Waals surface area contributed by atoms with Crippen molar-refractivity contribution in [2.24, 2.45) is 0 Å². The molecule has 1 aromatic rings. The van der Waals surface area contributed by atoms with Crippen LogP contribution in [-0.4, -0.2) is 34.8 Å². The van der Waals surface area contributed by atoms with Gasteiger partial charge in [0.2, 0.25) is 5.91 Å². The lowest BCUT2D eigenvalue weighted by Gasteiger charge is -2.11. The first-order valence-corrected chi connectivity index (χ1v) is 5.87. The zero-order valence-corrected chi connectivity index (χ0v) is 10.5. The van der Waals surface area contributed by atoms with Crippen molar-refractivity contribution in [2.45, 2.75) is 24.9 Å². The molecule has 6 heteroatoms. The number of aromatic carboxylic acids is 1. The quantitative estimate of drug-likeness (QED) is 0.744. The van der Waals surface area contributed by atoms with Crippen LogP contribution >= 0.6 is 0 Å². The molecule has 102 valence electrons. The number of methoxy groups -OCH3 is 1. The highest BCUT2D eigenvalue weighted by molar-refractivity contribution is 5.95. The Morgan fingerprint density at radius 3 is 2.63 bits per heavy atom. The highest BCUT2D eigenvalue weighted by Crippen LogP contribution is 2.38. The number of hydrogen-bond donors (Lipinski definition) is 3. The van der Waals surface area contributed by atoms with Gasteiger partial charge in [-0.15, -0.1) is 0 Å². The lowest BCUT2D eigenvalue weighted by atomic mass is 10.1. The molecule has 2 rings (SSSR count). The molecular weight excluding hydrogens is 250 g/mol. The van der Waals surface area contributed by atoms with Crippen molar-refractivity contribution in [3.63, 3.8) is 0 Å². The van der Waals surface area contributed by atoms with Gasteiger partial charge < -0.3 is 20.3 Å². The van der Waals surface area contributed by atoms with Crippen molar-refractivity contribution in [1.82, 2.24) is 0 Å². The molecule has 1 aliphatic carbocycles. The van der Waals surface area contributed by atoms with Crippen molar-refractivity contribution >= 4 is 17.6 Å². The minimum Gasteiger partial charge on any atom is -0.496 e. The molecule has 0 atom stereocenters. The summed E-state index contributed by atoms with van der Waals surface area (Å²) in [5.74, 6) is -1.22. The van der Waals surface area contributed by atoms with Gasteiger partial charge in [-0.3, -0.25) is 4.79 Å². The van der Waals surface area contributed by atoms with E-state index in [2.05, 4.69) is 5.32 Å². The zero-order chi connectivity index (χ0) is 14.0. The molecular formula is C13H15NO5. The third-order valence-electron chi connectivity index (χ3n) is 3.03. The van der Waals surface area contributed by atoms with Crippen molar-refractivity contribution in [1.29, 1.82) is 0 Å². The van der Waals surface area contributed by atoms with Crippen LogP contribution in [0.4, 0.5) is 5.69 Å². The third-order valence-corrected chi connectivity index (χ3v) is 3.03. The monoisotopic (exact) mass is 265 g/mol. The number of carboxylic acid groups (broad SMARTS) is 1. The molecule has 0 aliphatic heterocycles. The van der Waals surface area contributed by atoms with Crippen LogP contribution in [0.25, 0.3) is 0 Å². The smallest absolute Gasteiger partial charge is 0.339 e. The van der Waals surface area contributed by atoms with E-state index in [1.54, 1.807) is 0 Å². The number of benzene rings is 1. The Hall–Kier alpha value is -2.08. The number of carbonyl (C=O) groups excluding carboxylic acids is 1. The Labute approximate surface area is 110 Å². The van der Waals surface area contributed by atoms with E-state index in [1.807, 2.05) is 0 Å². The van der Waals surface area contributed by atoms with Gasteiger partial charge in [0.15, 0.2) is 0 Å². The maximum absolute atomic E-state index is 11.7. The maximum atomic E-state index is 11.7. The highest BCUT2D eigenvalue weighted by atomic mass is 16.5. The molecule has 0 unspecified atom stereocenters. The SMILES string of the molecule is COc1cc(NC(=O)CC2(O)CC2)ccc1C(=O)O. The van der Waals surface area contributed by atoms with Crippen LogP contribution in [0, 0.1) is 0 Å². The maximum Gasteiger partial charge on any atom is 0.339 e. The molecule has 0 saturated heterocycles. The Morgan fingerprint density at radius 2 is 2.11 bits per heavy atom. The van der Waals surface area contributed by atoms with Crippen LogP contribution in [0.2, 0.25) is 0 Å². The van der Waals surface area contributed by atoms with Gasteiger partial charge in [-0.1, -0.05) is 0 Å². The molecule has 0 spiro atoms. The minimum absolute atomic E-state index is 0.0290. The molecule has 6 nitrogen and oxygen atoms in total. The average Bonchev–Trinajstić information content (AvgIpc) is 3.05. The molecule has 0 radical (unpaired) electrons. The van der Waals surface area contributed by atoms with Crippen molar-refractivity contribution < 1.29 is 24.5 Å². The highest BCUT2D eigenvalue weighted by Gasteiger charge is 2.42. The van der Waals surface area contributed by atoms with Crippen LogP contribution in [0.3, 0.4) is 0 Å². The summed E-state index contributed by atoms with van der Waals surface area (Å²) in [4.78, 5) is 22.6. The summed E-state index contributed by atoms with van der Waals surface area (Å²) in [6.45, 7) is 0. The Bertz CT molecular complexity index is 522. The lowest BCUT2D eigenvalue weighted by molar-refractivity contribution is -0.118. The molecule has 1 saturated carbocycles. The van der Waals surface area contributed by atoms with Gasteiger partial charge in [0.25, 0.3) is 0 Å². The van der Waals surface area contributed by atoms with Gasteiger partial charge in [-0.05, 0) is 25.0 Å². The number of carbonyl (C=O) groups is 2. The van der Waals surface area contributed by atoms with Crippen molar-refractivity contribution in [3.05, 3.63) is 23.8 Å². The summed E-state index contributed by atoms with van der Waals surface area (Å²) in [6, 6.07) is 4.29. The van der Waals surface area contributed by atoms with Crippen molar-refractivity contribution in [2.75, 3.05) is 12.4 Å². The largest absolute Gasteiger partial charge is 0.496 e. The summed E-state index contributed by atoms with van der Waals surface area (Å²) < 4.78 is 4.96. The summed E-state index contributed by atoms with van der Waals surface area (Å²) in [6.07, 6.45) is 1.33. The second-order valence-corrected chi connectivity index (χ2v) is 4.67. The van der Waals surface area contributed by atoms with E-state index in [9.17, 15) is 14.7 Å². The summed E-state index contributed by atoms with van der Waals surface area (Å²) in [5, 5.41) is 21.2. The average molecular weight is 265 g/mol. The van der Waals surface area contributed by atoms with E-state index in [1.165, 1.54) is 25.3 Å². The topological polar surface area (TPSA) is 95.9 Å². The van der Waals surface area contributed by atoms with E-state index in [-0.39, 0.29) is 23.6 Å². The fraction of sp³-hybridized carbons (Fsp3) is 0.385. The number of rotatable bonds is 5. The van der Waals surface area contributed by atoms with Gasteiger partial charge in [0.05, 0.1) is 19.1 Å². The molecule has 1 aliphatic rings. The number of anilines is 1. The molecule has 19 heavy (non-hydrogen) atoms. The molecule has 1 fully saturated rings. The second kappa shape index (κ2) is 4.89. The summed E-state index contributed by atoms with van der Waals surface area (Å²) >= 11 is 0. The number of aliphatic hydroxyl groups is 1. The standard InChI is InChI=1S/C13H15NO5/c1-19-10-6-8(2-3-9(10)12(16)17)14-11(15)7-13(18)4-5-13/h2-3,6,18H,4-5,7H2,1H3,(H,14,15)(H,16,17). The second-order valence-electron chi connectivity index (χ2n) is 4.67. The molecule has 1 amide bonds. The number of nitrogens with one attached hydrogen (secondary N) is 1. The number of amides is 1. The molecule has 0 bridgehead atoms. The van der Waals surface area contributed by atoms with Crippen LogP contribution in [0.15, 0.2) is 18.2 Å². The third kappa shape index (κ3) is 3.23. The van der Waals surface area contributed by atoms with Gasteiger partial charge in [0.1, 0.15) is 11.3 Å². The molecule has 0 heterocycles. The lowest BCUT2D eigenvalue weighted by Crippen LogP contribution is -2.20. The minimum atomic E-state index is -1.10. The van der Waals surface area contributed by atoms with E-state index in [0.717, 1.165) is 0 Å². The number of carboxylic acids is 1. The summed E-state index contributed by atoms with van der Waals surface area (Å²) in [7, 11) is 1.36. The summed E-state index contributed by atoms with van der Waals surface area (Å²) in [5.41, 5.74) is -0.382. The molecule has 0 aromatic heterocycles. The first kappa shape index (κ1) is 13.4. The van der Waals surface area contributed by atoms with Gasteiger partial charge >= 0.3 is 5.97 Å². The predicted molar refractivity (Wildman–Crippen MR) is 67.4 cm³/mol. The van der Waals surface area contributed by atoms with E-state index in [0.29, 0.717) is 18.5 Å². The van der Waals surface area contributed by atoms with Gasteiger partial charge in [-0.2, -0.15) is 0 Å². The van der Waals surface area contributed by atoms with Crippen LogP contribution < -0.4 is 10.1 Å². The molecule has 1 aromatic carbocycles. The van der Waals surface area contributed by atoms with Gasteiger partial charge in [0, 0.05) is 11.8 Å². The Morgan fingerprint density at radius 1 is 1.42 bits per heavy atom. The van der Waals surface area contributed by atoms with E-state index >= 15 is 0 Å². The van der Waals surface area contributed by atoms with Crippen LogP contribution in [0.1, 0.15) is 29.6 Å². The first-order chi connectivity index (χ1) is 8.93. The number of ether oxygens (including phenoxy) is 1. The van der Waals surface area contributed by atoms with Gasteiger partial charge in [-0.25, -0.2) is 4.79 Å². The van der Waals surface area contributed by atoms with Crippen molar-refractivity contribution in [3.8, 4) is 5.75 Å². The number of hydrogen-bond acceptors (Lipinski definition) is 4. The van der Waals surface area contributed by atoms with E-state index < -0.39 is 11.6 Å². The van der Waals surface area contributed by atoms with Crippen LogP contribution in [0.5, 0.6) is 5.75 Å². The fourth-order valence-corrected chi connectivity index (χ4v) is 1.77. The Balaban J connectivity index is 2.08. The Kier molecular flexibility index (Phi) is 3.44. The normalized spacial score (nSPS) is 15.7. The first-order valence-electron chi connectivity index (χ1n) is 5.87.